The van der Waals surface area contributed by atoms with E-state index < -0.39 is 11.9 Å². The lowest BCUT2D eigenvalue weighted by Crippen LogP contribution is -2.14. The molecular formula is C16H30O6. The molecule has 0 amide bonds. The molecule has 0 aromatic heterocycles. The van der Waals surface area contributed by atoms with Gasteiger partial charge in [-0.1, -0.05) is 33.1 Å². The largest absolute Gasteiger partial charge is 0.481 e. The molecule has 6 heteroatoms. The Morgan fingerprint density at radius 1 is 1.05 bits per heavy atom. The molecule has 0 heterocycles. The zero-order chi connectivity index (χ0) is 17.4. The second kappa shape index (κ2) is 15.8. The summed E-state index contributed by atoms with van der Waals surface area (Å²) in [6, 6.07) is 0. The quantitative estimate of drug-likeness (QED) is 0.622. The van der Waals surface area contributed by atoms with E-state index in [1.54, 1.807) is 6.92 Å². The number of carbonyl (C=O) groups is 3. The van der Waals surface area contributed by atoms with E-state index in [0.29, 0.717) is 19.1 Å². The van der Waals surface area contributed by atoms with Crippen LogP contribution in [0.15, 0.2) is 0 Å². The predicted octanol–water partition coefficient (Wildman–Crippen LogP) is 3.18. The van der Waals surface area contributed by atoms with Gasteiger partial charge in [0.2, 0.25) is 0 Å². The van der Waals surface area contributed by atoms with Crippen molar-refractivity contribution >= 4 is 17.9 Å². The minimum absolute atomic E-state index is 0.0282. The van der Waals surface area contributed by atoms with Crippen molar-refractivity contribution in [2.75, 3.05) is 13.2 Å². The van der Waals surface area contributed by atoms with Gasteiger partial charge in [-0.05, 0) is 19.3 Å². The first kappa shape index (κ1) is 22.7. The zero-order valence-corrected chi connectivity index (χ0v) is 14.2. The van der Waals surface area contributed by atoms with Crippen LogP contribution in [0.5, 0.6) is 0 Å². The number of carbonyl (C=O) groups excluding carboxylic acids is 2. The first-order chi connectivity index (χ1) is 10.4. The molecule has 0 aliphatic rings. The van der Waals surface area contributed by atoms with Crippen molar-refractivity contribution in [3.63, 3.8) is 0 Å². The van der Waals surface area contributed by atoms with Crippen molar-refractivity contribution in [3.8, 4) is 0 Å². The normalized spacial score (nSPS) is 10.9. The van der Waals surface area contributed by atoms with Crippen LogP contribution in [0.3, 0.4) is 0 Å². The molecule has 0 aromatic carbocycles. The average Bonchev–Trinajstić information content (AvgIpc) is 2.45. The van der Waals surface area contributed by atoms with Gasteiger partial charge in [0.1, 0.15) is 0 Å². The number of esters is 2. The summed E-state index contributed by atoms with van der Waals surface area (Å²) in [7, 11) is 0. The molecule has 0 fully saturated rings. The molecule has 0 aromatic rings. The highest BCUT2D eigenvalue weighted by atomic mass is 16.5. The van der Waals surface area contributed by atoms with Gasteiger partial charge in [0, 0.05) is 6.92 Å². The molecule has 1 N–H and O–H groups in total. The number of carboxylic acids is 1. The van der Waals surface area contributed by atoms with E-state index in [1.807, 2.05) is 0 Å². The highest BCUT2D eigenvalue weighted by molar-refractivity contribution is 5.76. The van der Waals surface area contributed by atoms with E-state index in [0.717, 1.165) is 25.7 Å². The van der Waals surface area contributed by atoms with E-state index in [-0.39, 0.29) is 18.8 Å². The van der Waals surface area contributed by atoms with Crippen LogP contribution >= 0.6 is 0 Å². The Morgan fingerprint density at radius 2 is 1.68 bits per heavy atom. The summed E-state index contributed by atoms with van der Waals surface area (Å²) >= 11 is 0. The fourth-order valence-corrected chi connectivity index (χ4v) is 1.59. The fraction of sp³-hybridized carbons (Fsp3) is 0.812. The van der Waals surface area contributed by atoms with Crippen LogP contribution < -0.4 is 0 Å². The van der Waals surface area contributed by atoms with Crippen molar-refractivity contribution in [1.82, 2.24) is 0 Å². The highest BCUT2D eigenvalue weighted by Crippen LogP contribution is 2.13. The molecule has 130 valence electrons. The van der Waals surface area contributed by atoms with Gasteiger partial charge in [0.05, 0.1) is 26.1 Å². The van der Waals surface area contributed by atoms with Crippen molar-refractivity contribution < 1.29 is 29.0 Å². The van der Waals surface area contributed by atoms with Gasteiger partial charge in [-0.3, -0.25) is 14.4 Å². The van der Waals surface area contributed by atoms with Crippen LogP contribution in [-0.2, 0) is 23.9 Å². The molecular weight excluding hydrogens is 288 g/mol. The van der Waals surface area contributed by atoms with E-state index in [9.17, 15) is 14.4 Å². The molecule has 6 nitrogen and oxygen atoms in total. The number of unbranched alkanes of at least 4 members (excludes halogenated alkanes) is 1. The third-order valence-corrected chi connectivity index (χ3v) is 2.91. The summed E-state index contributed by atoms with van der Waals surface area (Å²) in [6.07, 6.45) is 4.17. The lowest BCUT2D eigenvalue weighted by molar-refractivity contribution is -0.148. The van der Waals surface area contributed by atoms with Crippen LogP contribution in [-0.4, -0.2) is 36.2 Å². The number of hydrogen-bond acceptors (Lipinski definition) is 5. The molecule has 0 saturated carbocycles. The summed E-state index contributed by atoms with van der Waals surface area (Å²) in [6.45, 7) is 8.28. The zero-order valence-electron chi connectivity index (χ0n) is 14.2. The third-order valence-electron chi connectivity index (χ3n) is 2.91. The van der Waals surface area contributed by atoms with Crippen LogP contribution in [0.2, 0.25) is 0 Å². The smallest absolute Gasteiger partial charge is 0.306 e. The second-order valence-electron chi connectivity index (χ2n) is 4.92. The molecule has 0 aliphatic carbocycles. The lowest BCUT2D eigenvalue weighted by Gasteiger charge is -2.14. The summed E-state index contributed by atoms with van der Waals surface area (Å²) in [4.78, 5) is 31.2. The Hall–Kier alpha value is -1.59. The Labute approximate surface area is 133 Å². The molecule has 0 aliphatic heterocycles. The first-order valence-corrected chi connectivity index (χ1v) is 7.87. The average molecular weight is 318 g/mol. The van der Waals surface area contributed by atoms with Gasteiger partial charge in [-0.25, -0.2) is 0 Å². The van der Waals surface area contributed by atoms with Gasteiger partial charge < -0.3 is 14.6 Å². The lowest BCUT2D eigenvalue weighted by atomic mass is 10.0. The SMILES string of the molecule is CCCCC(CC)COC(=O)CCC(=O)O.CCOC(C)=O. The minimum atomic E-state index is -0.963. The molecule has 0 bridgehead atoms. The van der Waals surface area contributed by atoms with Crippen LogP contribution in [0.25, 0.3) is 0 Å². The number of rotatable bonds is 10. The van der Waals surface area contributed by atoms with Crippen molar-refractivity contribution in [3.05, 3.63) is 0 Å². The van der Waals surface area contributed by atoms with Gasteiger partial charge in [0.15, 0.2) is 0 Å². The van der Waals surface area contributed by atoms with E-state index >= 15 is 0 Å². The summed E-state index contributed by atoms with van der Waals surface area (Å²) in [5, 5.41) is 8.39. The topological polar surface area (TPSA) is 89.9 Å². The maximum Gasteiger partial charge on any atom is 0.306 e. The maximum absolute atomic E-state index is 11.2. The molecule has 0 saturated heterocycles. The molecule has 0 rings (SSSR count). The van der Waals surface area contributed by atoms with E-state index in [1.165, 1.54) is 6.92 Å². The minimum Gasteiger partial charge on any atom is -0.481 e. The molecule has 0 spiro atoms. The van der Waals surface area contributed by atoms with Crippen molar-refractivity contribution in [2.45, 2.75) is 66.2 Å². The third kappa shape index (κ3) is 18.4. The molecule has 0 radical (unpaired) electrons. The Balaban J connectivity index is 0. The fourth-order valence-electron chi connectivity index (χ4n) is 1.59. The molecule has 22 heavy (non-hydrogen) atoms. The van der Waals surface area contributed by atoms with Gasteiger partial charge >= 0.3 is 17.9 Å². The van der Waals surface area contributed by atoms with Gasteiger partial charge in [-0.15, -0.1) is 0 Å². The van der Waals surface area contributed by atoms with Crippen LogP contribution in [0.1, 0.15) is 66.2 Å². The Kier molecular flexibility index (Phi) is 16.3. The van der Waals surface area contributed by atoms with Crippen molar-refractivity contribution in [1.29, 1.82) is 0 Å². The summed E-state index contributed by atoms with van der Waals surface area (Å²) < 4.78 is 9.44. The predicted molar refractivity (Wildman–Crippen MR) is 83.4 cm³/mol. The summed E-state index contributed by atoms with van der Waals surface area (Å²) in [5.74, 6) is -1.17. The van der Waals surface area contributed by atoms with Gasteiger partial charge in [-0.2, -0.15) is 0 Å². The Bertz CT molecular complexity index is 314. The van der Waals surface area contributed by atoms with Crippen LogP contribution in [0, 0.1) is 5.92 Å². The number of aliphatic carboxylic acids is 1. The highest BCUT2D eigenvalue weighted by Gasteiger charge is 2.11. The number of carboxylic acid groups (broad SMARTS) is 1. The maximum atomic E-state index is 11.2. The number of hydrogen-bond donors (Lipinski definition) is 1. The van der Waals surface area contributed by atoms with E-state index in [2.05, 4.69) is 18.6 Å². The molecule has 1 unspecified atom stereocenters. The Morgan fingerprint density at radius 3 is 2.05 bits per heavy atom. The number of ether oxygens (including phenoxy) is 2. The molecule has 1 atom stereocenters. The second-order valence-corrected chi connectivity index (χ2v) is 4.92. The summed E-state index contributed by atoms with van der Waals surface area (Å²) in [5.41, 5.74) is 0. The van der Waals surface area contributed by atoms with Gasteiger partial charge in [0.25, 0.3) is 0 Å². The monoisotopic (exact) mass is 318 g/mol. The van der Waals surface area contributed by atoms with Crippen LogP contribution in [0.4, 0.5) is 0 Å². The van der Waals surface area contributed by atoms with Crippen molar-refractivity contribution in [2.24, 2.45) is 5.92 Å². The van der Waals surface area contributed by atoms with E-state index in [4.69, 9.17) is 9.84 Å². The standard InChI is InChI=1S/C12H22O4.C4H8O2/c1-3-5-6-10(4-2)9-16-12(15)8-7-11(13)14;1-3-6-4(2)5/h10H,3-9H2,1-2H3,(H,13,14);3H2,1-2H3. The first-order valence-electron chi connectivity index (χ1n) is 7.87.